The Labute approximate surface area is 74.2 Å². The van der Waals surface area contributed by atoms with Gasteiger partial charge in [-0.2, -0.15) is 0 Å². The Hall–Kier alpha value is -1.11. The molecule has 0 aliphatic heterocycles. The zero-order valence-electron chi connectivity index (χ0n) is 7.75. The van der Waals surface area contributed by atoms with Crippen LogP contribution in [-0.4, -0.2) is 4.98 Å². The molecule has 0 amide bonds. The lowest BCUT2D eigenvalue weighted by molar-refractivity contribution is 0.978. The average molecular weight is 161 g/mol. The van der Waals surface area contributed by atoms with Crippen LogP contribution in [0, 0.1) is 6.92 Å². The molecule has 0 aliphatic carbocycles. The summed E-state index contributed by atoms with van der Waals surface area (Å²) >= 11 is 0. The second kappa shape index (κ2) is 4.70. The Morgan fingerprint density at radius 1 is 1.42 bits per heavy atom. The van der Waals surface area contributed by atoms with E-state index in [4.69, 9.17) is 0 Å². The number of pyridine rings is 1. The minimum Gasteiger partial charge on any atom is -0.261 e. The van der Waals surface area contributed by atoms with Gasteiger partial charge in [-0.1, -0.05) is 18.2 Å². The molecule has 1 heterocycles. The fraction of sp³-hybridized carbons (Fsp3) is 0.364. The van der Waals surface area contributed by atoms with Crippen molar-refractivity contribution in [3.63, 3.8) is 0 Å². The third kappa shape index (κ3) is 2.87. The van der Waals surface area contributed by atoms with Crippen LogP contribution in [0.1, 0.15) is 24.6 Å². The number of hydrogen-bond donors (Lipinski definition) is 0. The first kappa shape index (κ1) is 8.98. The maximum atomic E-state index is 4.23. The van der Waals surface area contributed by atoms with Crippen LogP contribution in [0.5, 0.6) is 0 Å². The summed E-state index contributed by atoms with van der Waals surface area (Å²) in [7, 11) is 0. The van der Waals surface area contributed by atoms with E-state index in [1.165, 1.54) is 5.56 Å². The van der Waals surface area contributed by atoms with Crippen LogP contribution in [0.3, 0.4) is 0 Å². The quantitative estimate of drug-likeness (QED) is 0.621. The Bertz CT molecular complexity index is 246. The molecule has 1 aromatic heterocycles. The summed E-state index contributed by atoms with van der Waals surface area (Å²) in [6.07, 6.45) is 8.43. The van der Waals surface area contributed by atoms with Crippen LogP contribution < -0.4 is 0 Å². The van der Waals surface area contributed by atoms with Gasteiger partial charge in [-0.25, -0.2) is 0 Å². The predicted octanol–water partition coefficient (Wildman–Crippen LogP) is 2.90. The molecule has 0 atom stereocenters. The van der Waals surface area contributed by atoms with Crippen molar-refractivity contribution in [3.05, 3.63) is 41.7 Å². The van der Waals surface area contributed by atoms with Crippen molar-refractivity contribution in [2.24, 2.45) is 0 Å². The van der Waals surface area contributed by atoms with Crippen LogP contribution >= 0.6 is 0 Å². The molecule has 0 fully saturated rings. The van der Waals surface area contributed by atoms with Gasteiger partial charge in [-0.05, 0) is 38.3 Å². The van der Waals surface area contributed by atoms with E-state index in [-0.39, 0.29) is 0 Å². The lowest BCUT2D eigenvalue weighted by Crippen LogP contribution is -1.86. The molecule has 0 aromatic carbocycles. The van der Waals surface area contributed by atoms with Gasteiger partial charge in [0.25, 0.3) is 0 Å². The summed E-state index contributed by atoms with van der Waals surface area (Å²) in [5.74, 6) is 0. The topological polar surface area (TPSA) is 12.9 Å². The number of allylic oxidation sites excluding steroid dienone is 2. The Morgan fingerprint density at radius 3 is 2.83 bits per heavy atom. The van der Waals surface area contributed by atoms with Crippen molar-refractivity contribution in [2.75, 3.05) is 0 Å². The first-order valence-corrected chi connectivity index (χ1v) is 4.35. The monoisotopic (exact) mass is 161 g/mol. The lowest BCUT2D eigenvalue weighted by atomic mass is 10.1. The smallest absolute Gasteiger partial charge is 0.0372 e. The molecule has 0 radical (unpaired) electrons. The van der Waals surface area contributed by atoms with Crippen molar-refractivity contribution in [2.45, 2.75) is 26.7 Å². The van der Waals surface area contributed by atoms with E-state index in [0.717, 1.165) is 18.5 Å². The highest BCUT2D eigenvalue weighted by atomic mass is 14.6. The number of aromatic nitrogens is 1. The average Bonchev–Trinajstić information content (AvgIpc) is 2.09. The van der Waals surface area contributed by atoms with E-state index in [1.54, 1.807) is 0 Å². The number of rotatable bonds is 3. The van der Waals surface area contributed by atoms with Crippen molar-refractivity contribution in [3.8, 4) is 0 Å². The van der Waals surface area contributed by atoms with Gasteiger partial charge in [0.1, 0.15) is 0 Å². The summed E-state index contributed by atoms with van der Waals surface area (Å²) in [5, 5.41) is 0. The Balaban J connectivity index is 2.47. The van der Waals surface area contributed by atoms with Crippen LogP contribution in [0.25, 0.3) is 0 Å². The van der Waals surface area contributed by atoms with E-state index in [1.807, 2.05) is 20.0 Å². The highest BCUT2D eigenvalue weighted by Crippen LogP contribution is 2.02. The van der Waals surface area contributed by atoms with E-state index >= 15 is 0 Å². The largest absolute Gasteiger partial charge is 0.261 e. The van der Waals surface area contributed by atoms with Gasteiger partial charge in [0.05, 0.1) is 0 Å². The summed E-state index contributed by atoms with van der Waals surface area (Å²) in [4.78, 5) is 4.23. The van der Waals surface area contributed by atoms with E-state index < -0.39 is 0 Å². The van der Waals surface area contributed by atoms with Gasteiger partial charge >= 0.3 is 0 Å². The fourth-order valence-electron chi connectivity index (χ4n) is 1.06. The second-order valence-electron chi connectivity index (χ2n) is 2.92. The van der Waals surface area contributed by atoms with E-state index in [9.17, 15) is 0 Å². The number of hydrogen-bond acceptors (Lipinski definition) is 1. The molecular formula is C11H15N. The maximum Gasteiger partial charge on any atom is 0.0372 e. The van der Waals surface area contributed by atoms with Crippen molar-refractivity contribution >= 4 is 0 Å². The maximum absolute atomic E-state index is 4.23. The zero-order valence-corrected chi connectivity index (χ0v) is 7.75. The van der Waals surface area contributed by atoms with Crippen molar-refractivity contribution < 1.29 is 0 Å². The molecule has 0 spiro atoms. The zero-order chi connectivity index (χ0) is 8.81. The SMILES string of the molecule is C/C=C/CCc1ccc(C)nc1. The number of aryl methyl sites for hydroxylation is 2. The molecular weight excluding hydrogens is 146 g/mol. The Morgan fingerprint density at radius 2 is 2.25 bits per heavy atom. The molecule has 1 heteroatoms. The normalized spacial score (nSPS) is 10.8. The fourth-order valence-corrected chi connectivity index (χ4v) is 1.06. The van der Waals surface area contributed by atoms with Gasteiger partial charge < -0.3 is 0 Å². The van der Waals surface area contributed by atoms with Gasteiger partial charge in [0.15, 0.2) is 0 Å². The third-order valence-electron chi connectivity index (χ3n) is 1.81. The molecule has 1 nitrogen and oxygen atoms in total. The molecule has 0 aliphatic rings. The molecule has 0 saturated heterocycles. The highest BCUT2D eigenvalue weighted by Gasteiger charge is 1.90. The van der Waals surface area contributed by atoms with Crippen LogP contribution in [0.4, 0.5) is 0 Å². The van der Waals surface area contributed by atoms with E-state index in [2.05, 4.69) is 29.3 Å². The van der Waals surface area contributed by atoms with Crippen LogP contribution in [0.2, 0.25) is 0 Å². The molecule has 12 heavy (non-hydrogen) atoms. The lowest BCUT2D eigenvalue weighted by Gasteiger charge is -1.97. The van der Waals surface area contributed by atoms with Gasteiger partial charge in [-0.15, -0.1) is 0 Å². The summed E-state index contributed by atoms with van der Waals surface area (Å²) in [5.41, 5.74) is 2.41. The standard InChI is InChI=1S/C11H15N/c1-3-4-5-6-11-8-7-10(2)12-9-11/h3-4,7-9H,5-6H2,1-2H3/b4-3+. The first-order valence-electron chi connectivity index (χ1n) is 4.35. The molecule has 1 rings (SSSR count). The Kier molecular flexibility index (Phi) is 3.52. The molecule has 0 unspecified atom stereocenters. The third-order valence-corrected chi connectivity index (χ3v) is 1.81. The highest BCUT2D eigenvalue weighted by molar-refractivity contribution is 5.13. The number of nitrogens with zero attached hydrogens (tertiary/aromatic N) is 1. The molecule has 0 N–H and O–H groups in total. The molecule has 64 valence electrons. The van der Waals surface area contributed by atoms with Crippen molar-refractivity contribution in [1.82, 2.24) is 4.98 Å². The molecule has 1 aromatic rings. The van der Waals surface area contributed by atoms with Gasteiger partial charge in [0.2, 0.25) is 0 Å². The minimum absolute atomic E-state index is 1.09. The first-order chi connectivity index (χ1) is 5.83. The van der Waals surface area contributed by atoms with Crippen molar-refractivity contribution in [1.29, 1.82) is 0 Å². The van der Waals surface area contributed by atoms with Crippen LogP contribution in [-0.2, 0) is 6.42 Å². The molecule has 0 bridgehead atoms. The summed E-state index contributed by atoms with van der Waals surface area (Å²) < 4.78 is 0. The summed E-state index contributed by atoms with van der Waals surface area (Å²) in [6.45, 7) is 4.06. The predicted molar refractivity (Wildman–Crippen MR) is 52.1 cm³/mol. The van der Waals surface area contributed by atoms with Crippen LogP contribution in [0.15, 0.2) is 30.5 Å². The van der Waals surface area contributed by atoms with Gasteiger partial charge in [0, 0.05) is 11.9 Å². The van der Waals surface area contributed by atoms with E-state index in [0.29, 0.717) is 0 Å². The minimum atomic E-state index is 1.09. The second-order valence-corrected chi connectivity index (χ2v) is 2.92. The van der Waals surface area contributed by atoms with Gasteiger partial charge in [-0.3, -0.25) is 4.98 Å². The molecule has 0 saturated carbocycles. The summed E-state index contributed by atoms with van der Waals surface area (Å²) in [6, 6.07) is 4.21.